The monoisotopic (exact) mass is 295 g/mol. The SMILES string of the molecule is NNC(c1cccnc1)c1ccc(F)c(Br)c1. The number of hydrogen-bond donors (Lipinski definition) is 2. The molecule has 88 valence electrons. The zero-order chi connectivity index (χ0) is 12.3. The van der Waals surface area contributed by atoms with E-state index in [9.17, 15) is 4.39 Å². The molecule has 2 rings (SSSR count). The second-order valence-corrected chi connectivity index (χ2v) is 4.41. The van der Waals surface area contributed by atoms with E-state index >= 15 is 0 Å². The van der Waals surface area contributed by atoms with Gasteiger partial charge in [-0.1, -0.05) is 12.1 Å². The van der Waals surface area contributed by atoms with Crippen LogP contribution < -0.4 is 11.3 Å². The average Bonchev–Trinajstić information content (AvgIpc) is 2.36. The highest BCUT2D eigenvalue weighted by Crippen LogP contribution is 2.25. The van der Waals surface area contributed by atoms with Gasteiger partial charge in [-0.05, 0) is 45.3 Å². The van der Waals surface area contributed by atoms with E-state index in [1.807, 2.05) is 12.1 Å². The van der Waals surface area contributed by atoms with Crippen LogP contribution in [0.15, 0.2) is 47.2 Å². The molecule has 0 aliphatic rings. The molecular formula is C12H11BrFN3. The zero-order valence-electron chi connectivity index (χ0n) is 8.90. The second kappa shape index (κ2) is 5.35. The number of hydrogen-bond acceptors (Lipinski definition) is 3. The van der Waals surface area contributed by atoms with Crippen LogP contribution in [0.3, 0.4) is 0 Å². The number of nitrogens with one attached hydrogen (secondary N) is 1. The van der Waals surface area contributed by atoms with Gasteiger partial charge in [-0.3, -0.25) is 10.8 Å². The Kier molecular flexibility index (Phi) is 3.83. The highest BCUT2D eigenvalue weighted by atomic mass is 79.9. The molecule has 0 amide bonds. The molecule has 17 heavy (non-hydrogen) atoms. The molecule has 0 aliphatic carbocycles. The van der Waals surface area contributed by atoms with Gasteiger partial charge in [0.25, 0.3) is 0 Å². The molecule has 0 fully saturated rings. The number of halogens is 2. The summed E-state index contributed by atoms with van der Waals surface area (Å²) in [5, 5.41) is 0. The molecule has 1 aromatic carbocycles. The molecule has 0 saturated carbocycles. The summed E-state index contributed by atoms with van der Waals surface area (Å²) >= 11 is 3.16. The van der Waals surface area contributed by atoms with Crippen LogP contribution in [0.25, 0.3) is 0 Å². The standard InChI is InChI=1S/C12H11BrFN3/c13-10-6-8(3-4-11(10)14)12(17-15)9-2-1-5-16-7-9/h1-7,12,17H,15H2. The Balaban J connectivity index is 2.39. The number of hydrazine groups is 1. The van der Waals surface area contributed by atoms with Crippen LogP contribution in [-0.2, 0) is 0 Å². The number of pyridine rings is 1. The van der Waals surface area contributed by atoms with E-state index in [1.165, 1.54) is 6.07 Å². The fraction of sp³-hybridized carbons (Fsp3) is 0.0833. The van der Waals surface area contributed by atoms with Crippen LogP contribution in [0.4, 0.5) is 4.39 Å². The Hall–Kier alpha value is -1.30. The number of aromatic nitrogens is 1. The van der Waals surface area contributed by atoms with Gasteiger partial charge in [0.1, 0.15) is 5.82 Å². The van der Waals surface area contributed by atoms with Crippen LogP contribution in [0, 0.1) is 5.82 Å². The van der Waals surface area contributed by atoms with E-state index in [0.717, 1.165) is 11.1 Å². The van der Waals surface area contributed by atoms with Crippen molar-refractivity contribution in [3.63, 3.8) is 0 Å². The quantitative estimate of drug-likeness (QED) is 0.676. The van der Waals surface area contributed by atoms with Gasteiger partial charge in [-0.25, -0.2) is 9.82 Å². The van der Waals surface area contributed by atoms with Gasteiger partial charge in [0.05, 0.1) is 10.5 Å². The molecule has 0 radical (unpaired) electrons. The van der Waals surface area contributed by atoms with Crippen molar-refractivity contribution in [2.75, 3.05) is 0 Å². The highest BCUT2D eigenvalue weighted by Gasteiger charge is 2.13. The summed E-state index contributed by atoms with van der Waals surface area (Å²) < 4.78 is 13.6. The predicted octanol–water partition coefficient (Wildman–Crippen LogP) is 2.54. The van der Waals surface area contributed by atoms with Gasteiger partial charge in [0.15, 0.2) is 0 Å². The Labute approximate surface area is 107 Å². The maximum atomic E-state index is 13.2. The first-order valence-corrected chi connectivity index (χ1v) is 5.82. The molecule has 1 heterocycles. The molecule has 5 heteroatoms. The molecule has 1 unspecified atom stereocenters. The van der Waals surface area contributed by atoms with Crippen LogP contribution in [-0.4, -0.2) is 4.98 Å². The van der Waals surface area contributed by atoms with Gasteiger partial charge in [0.2, 0.25) is 0 Å². The van der Waals surface area contributed by atoms with Gasteiger partial charge in [-0.15, -0.1) is 0 Å². The highest BCUT2D eigenvalue weighted by molar-refractivity contribution is 9.10. The molecule has 0 aliphatic heterocycles. The fourth-order valence-electron chi connectivity index (χ4n) is 1.62. The minimum Gasteiger partial charge on any atom is -0.271 e. The van der Waals surface area contributed by atoms with Crippen molar-refractivity contribution in [2.45, 2.75) is 6.04 Å². The minimum atomic E-state index is -0.296. The van der Waals surface area contributed by atoms with Crippen molar-refractivity contribution in [3.8, 4) is 0 Å². The molecule has 0 spiro atoms. The van der Waals surface area contributed by atoms with Gasteiger partial charge in [0, 0.05) is 12.4 Å². The third kappa shape index (κ3) is 2.69. The van der Waals surface area contributed by atoms with E-state index in [0.29, 0.717) is 4.47 Å². The lowest BCUT2D eigenvalue weighted by Crippen LogP contribution is -2.28. The third-order valence-corrected chi connectivity index (χ3v) is 3.07. The summed E-state index contributed by atoms with van der Waals surface area (Å²) in [7, 11) is 0. The Morgan fingerprint density at radius 2 is 2.12 bits per heavy atom. The smallest absolute Gasteiger partial charge is 0.137 e. The summed E-state index contributed by atoms with van der Waals surface area (Å²) in [5.74, 6) is 5.24. The molecule has 0 saturated heterocycles. The van der Waals surface area contributed by atoms with E-state index in [4.69, 9.17) is 5.84 Å². The number of nitrogens with zero attached hydrogens (tertiary/aromatic N) is 1. The van der Waals surface area contributed by atoms with Crippen molar-refractivity contribution in [1.29, 1.82) is 0 Å². The van der Waals surface area contributed by atoms with Crippen molar-refractivity contribution >= 4 is 15.9 Å². The topological polar surface area (TPSA) is 50.9 Å². The lowest BCUT2D eigenvalue weighted by atomic mass is 10.0. The van der Waals surface area contributed by atoms with E-state index < -0.39 is 0 Å². The molecule has 3 N–H and O–H groups in total. The Bertz CT molecular complexity index is 504. The average molecular weight is 296 g/mol. The van der Waals surface area contributed by atoms with Gasteiger partial charge >= 0.3 is 0 Å². The van der Waals surface area contributed by atoms with Crippen LogP contribution >= 0.6 is 15.9 Å². The molecule has 1 aromatic heterocycles. The fourth-order valence-corrected chi connectivity index (χ4v) is 2.02. The number of rotatable bonds is 3. The van der Waals surface area contributed by atoms with E-state index in [1.54, 1.807) is 24.5 Å². The third-order valence-electron chi connectivity index (χ3n) is 2.46. The summed E-state index contributed by atoms with van der Waals surface area (Å²) in [6.07, 6.45) is 3.42. The van der Waals surface area contributed by atoms with Crippen molar-refractivity contribution in [1.82, 2.24) is 10.4 Å². The predicted molar refractivity (Wildman–Crippen MR) is 67.5 cm³/mol. The summed E-state index contributed by atoms with van der Waals surface area (Å²) in [4.78, 5) is 4.04. The van der Waals surface area contributed by atoms with E-state index in [-0.39, 0.29) is 11.9 Å². The van der Waals surface area contributed by atoms with Crippen molar-refractivity contribution < 1.29 is 4.39 Å². The summed E-state index contributed by atoms with van der Waals surface area (Å²) in [6.45, 7) is 0. The Morgan fingerprint density at radius 1 is 1.29 bits per heavy atom. The van der Waals surface area contributed by atoms with E-state index in [2.05, 4.69) is 26.3 Å². The number of benzene rings is 1. The van der Waals surface area contributed by atoms with Crippen LogP contribution in [0.1, 0.15) is 17.2 Å². The molecule has 1 atom stereocenters. The number of nitrogens with two attached hydrogens (primary N) is 1. The first kappa shape index (κ1) is 12.2. The first-order chi connectivity index (χ1) is 8.22. The normalized spacial score (nSPS) is 12.4. The van der Waals surface area contributed by atoms with Gasteiger partial charge < -0.3 is 0 Å². The molecular weight excluding hydrogens is 285 g/mol. The zero-order valence-corrected chi connectivity index (χ0v) is 10.5. The molecule has 3 nitrogen and oxygen atoms in total. The first-order valence-electron chi connectivity index (χ1n) is 5.03. The van der Waals surface area contributed by atoms with Crippen molar-refractivity contribution in [2.24, 2.45) is 5.84 Å². The lowest BCUT2D eigenvalue weighted by molar-refractivity contribution is 0.609. The second-order valence-electron chi connectivity index (χ2n) is 3.56. The minimum absolute atomic E-state index is 0.208. The maximum Gasteiger partial charge on any atom is 0.137 e. The lowest BCUT2D eigenvalue weighted by Gasteiger charge is -2.16. The van der Waals surface area contributed by atoms with Crippen molar-refractivity contribution in [3.05, 3.63) is 64.1 Å². The largest absolute Gasteiger partial charge is 0.271 e. The maximum absolute atomic E-state index is 13.2. The molecule has 2 aromatic rings. The summed E-state index contributed by atoms with van der Waals surface area (Å²) in [5.41, 5.74) is 4.49. The van der Waals surface area contributed by atoms with Gasteiger partial charge in [-0.2, -0.15) is 0 Å². The van der Waals surface area contributed by atoms with Crippen LogP contribution in [0.5, 0.6) is 0 Å². The molecule has 0 bridgehead atoms. The van der Waals surface area contributed by atoms with Crippen LogP contribution in [0.2, 0.25) is 0 Å². The summed E-state index contributed by atoms with van der Waals surface area (Å²) in [6, 6.07) is 8.33. The Morgan fingerprint density at radius 3 is 2.71 bits per heavy atom.